The quantitative estimate of drug-likeness (QED) is 0.589. The number of ketones is 1. The van der Waals surface area contributed by atoms with Gasteiger partial charge in [0.25, 0.3) is 0 Å². The van der Waals surface area contributed by atoms with Crippen LogP contribution in [-0.2, 0) is 4.79 Å². The molecule has 0 rings (SSSR count). The van der Waals surface area contributed by atoms with E-state index >= 15 is 0 Å². The summed E-state index contributed by atoms with van der Waals surface area (Å²) in [6, 6.07) is 0. The number of Topliss-reactive ketones (excluding diaryl/α,β-unsaturated/α-hetero) is 1. The van der Waals surface area contributed by atoms with E-state index in [1.165, 1.54) is 0 Å². The zero-order chi connectivity index (χ0) is 8.91. The maximum Gasteiger partial charge on any atom is 0.135 e. The Labute approximate surface area is 74.1 Å². The molecule has 0 aromatic heterocycles. The van der Waals surface area contributed by atoms with Crippen LogP contribution in [0.2, 0.25) is 0 Å². The number of carbonyl (C=O) groups is 1. The zero-order valence-electron chi connectivity index (χ0n) is 7.61. The molecule has 1 nitrogen and oxygen atoms in total. The second-order valence-electron chi connectivity index (χ2n) is 2.98. The summed E-state index contributed by atoms with van der Waals surface area (Å²) in [5.41, 5.74) is -0.137. The van der Waals surface area contributed by atoms with Crippen molar-refractivity contribution in [3.63, 3.8) is 0 Å². The van der Waals surface area contributed by atoms with Gasteiger partial charge in [-0.05, 0) is 26.2 Å². The van der Waals surface area contributed by atoms with Crippen LogP contribution >= 0.6 is 11.6 Å². The fraction of sp³-hybridized carbons (Fsp3) is 0.889. The third-order valence-corrected chi connectivity index (χ3v) is 2.86. The third kappa shape index (κ3) is 2.48. The van der Waals surface area contributed by atoms with Gasteiger partial charge in [-0.1, -0.05) is 13.8 Å². The van der Waals surface area contributed by atoms with Gasteiger partial charge in [-0.25, -0.2) is 0 Å². The van der Waals surface area contributed by atoms with Gasteiger partial charge in [-0.2, -0.15) is 0 Å². The van der Waals surface area contributed by atoms with Gasteiger partial charge < -0.3 is 0 Å². The van der Waals surface area contributed by atoms with Gasteiger partial charge in [-0.3, -0.25) is 4.79 Å². The van der Waals surface area contributed by atoms with E-state index in [0.717, 1.165) is 19.3 Å². The molecule has 0 aliphatic heterocycles. The molecule has 0 unspecified atom stereocenters. The summed E-state index contributed by atoms with van der Waals surface area (Å²) in [5.74, 6) is 0.865. The van der Waals surface area contributed by atoms with E-state index in [2.05, 4.69) is 13.8 Å². The molecular formula is C9H17ClO. The first-order valence-electron chi connectivity index (χ1n) is 4.20. The van der Waals surface area contributed by atoms with Gasteiger partial charge in [0, 0.05) is 11.3 Å². The van der Waals surface area contributed by atoms with Gasteiger partial charge in [0.05, 0.1) is 0 Å². The van der Waals surface area contributed by atoms with Crippen LogP contribution < -0.4 is 0 Å². The largest absolute Gasteiger partial charge is 0.299 e. The summed E-state index contributed by atoms with van der Waals surface area (Å²) < 4.78 is 0. The lowest BCUT2D eigenvalue weighted by molar-refractivity contribution is -0.127. The fourth-order valence-corrected chi connectivity index (χ4v) is 1.82. The molecule has 0 saturated heterocycles. The number of carbonyl (C=O) groups excluding carboxylic acids is 1. The maximum absolute atomic E-state index is 11.3. The Morgan fingerprint density at radius 2 is 1.82 bits per heavy atom. The molecule has 0 saturated carbocycles. The summed E-state index contributed by atoms with van der Waals surface area (Å²) >= 11 is 5.64. The van der Waals surface area contributed by atoms with Crippen molar-refractivity contribution in [2.45, 2.75) is 40.0 Å². The van der Waals surface area contributed by atoms with Crippen molar-refractivity contribution in [2.75, 3.05) is 5.88 Å². The molecule has 11 heavy (non-hydrogen) atoms. The molecule has 0 N–H and O–H groups in total. The first-order valence-corrected chi connectivity index (χ1v) is 4.73. The maximum atomic E-state index is 11.3. The Morgan fingerprint density at radius 3 is 1.91 bits per heavy atom. The molecule has 0 fully saturated rings. The minimum absolute atomic E-state index is 0.137. The van der Waals surface area contributed by atoms with Gasteiger partial charge in [0.1, 0.15) is 5.78 Å². The number of hydrogen-bond acceptors (Lipinski definition) is 1. The van der Waals surface area contributed by atoms with E-state index < -0.39 is 0 Å². The summed E-state index contributed by atoms with van der Waals surface area (Å²) in [4.78, 5) is 11.3. The van der Waals surface area contributed by atoms with Crippen molar-refractivity contribution >= 4 is 17.4 Å². The molecule has 0 heterocycles. The highest BCUT2D eigenvalue weighted by molar-refractivity contribution is 6.18. The van der Waals surface area contributed by atoms with Crippen LogP contribution in [0.1, 0.15) is 40.0 Å². The first kappa shape index (κ1) is 11.0. The highest BCUT2D eigenvalue weighted by atomic mass is 35.5. The topological polar surface area (TPSA) is 17.1 Å². The predicted molar refractivity (Wildman–Crippen MR) is 49.0 cm³/mol. The SMILES string of the molecule is CCC(CC)(CCCl)C(C)=O. The molecular weight excluding hydrogens is 160 g/mol. The highest BCUT2D eigenvalue weighted by Crippen LogP contribution is 2.31. The molecule has 0 spiro atoms. The number of halogens is 1. The molecule has 0 radical (unpaired) electrons. The van der Waals surface area contributed by atoms with Crippen molar-refractivity contribution in [3.05, 3.63) is 0 Å². The number of hydrogen-bond donors (Lipinski definition) is 0. The van der Waals surface area contributed by atoms with Crippen molar-refractivity contribution in [1.29, 1.82) is 0 Å². The summed E-state index contributed by atoms with van der Waals surface area (Å²) in [5, 5.41) is 0. The molecule has 0 aromatic carbocycles. The molecule has 2 heteroatoms. The normalized spacial score (nSPS) is 11.6. The van der Waals surface area contributed by atoms with Crippen molar-refractivity contribution in [2.24, 2.45) is 5.41 Å². The summed E-state index contributed by atoms with van der Waals surface area (Å²) in [6.45, 7) is 5.77. The molecule has 0 amide bonds. The predicted octanol–water partition coefficient (Wildman–Crippen LogP) is 3.01. The van der Waals surface area contributed by atoms with Crippen LogP contribution in [0.25, 0.3) is 0 Å². The van der Waals surface area contributed by atoms with Crippen LogP contribution in [0.5, 0.6) is 0 Å². The van der Waals surface area contributed by atoms with E-state index in [1.54, 1.807) is 6.92 Å². The zero-order valence-corrected chi connectivity index (χ0v) is 8.37. The van der Waals surface area contributed by atoms with Crippen molar-refractivity contribution < 1.29 is 4.79 Å². The number of alkyl halides is 1. The van der Waals surface area contributed by atoms with Crippen LogP contribution in [0.15, 0.2) is 0 Å². The third-order valence-electron chi connectivity index (χ3n) is 2.67. The molecule has 0 aliphatic carbocycles. The Hall–Kier alpha value is -0.0400. The smallest absolute Gasteiger partial charge is 0.135 e. The molecule has 66 valence electrons. The summed E-state index contributed by atoms with van der Waals surface area (Å²) in [6.07, 6.45) is 2.63. The van der Waals surface area contributed by atoms with E-state index in [4.69, 9.17) is 11.6 Å². The Balaban J connectivity index is 4.32. The Kier molecular flexibility index (Phi) is 4.74. The highest BCUT2D eigenvalue weighted by Gasteiger charge is 2.30. The first-order chi connectivity index (χ1) is 5.13. The average Bonchev–Trinajstić information content (AvgIpc) is 2.00. The van der Waals surface area contributed by atoms with Crippen LogP contribution in [0.3, 0.4) is 0 Å². The molecule has 0 atom stereocenters. The van der Waals surface area contributed by atoms with Crippen LogP contribution in [0, 0.1) is 5.41 Å². The van der Waals surface area contributed by atoms with Gasteiger partial charge in [-0.15, -0.1) is 11.6 Å². The standard InChI is InChI=1S/C9H17ClO/c1-4-9(5-2,6-7-10)8(3)11/h4-7H2,1-3H3. The molecule has 0 bridgehead atoms. The van der Waals surface area contributed by atoms with Gasteiger partial charge in [0.15, 0.2) is 0 Å². The lowest BCUT2D eigenvalue weighted by Gasteiger charge is -2.27. The summed E-state index contributed by atoms with van der Waals surface area (Å²) in [7, 11) is 0. The Bertz CT molecular complexity index is 128. The monoisotopic (exact) mass is 176 g/mol. The molecule has 0 aliphatic rings. The van der Waals surface area contributed by atoms with Crippen molar-refractivity contribution in [1.82, 2.24) is 0 Å². The van der Waals surface area contributed by atoms with E-state index in [-0.39, 0.29) is 11.2 Å². The second kappa shape index (κ2) is 4.76. The van der Waals surface area contributed by atoms with Crippen LogP contribution in [-0.4, -0.2) is 11.7 Å². The molecule has 0 aromatic rings. The van der Waals surface area contributed by atoms with Gasteiger partial charge >= 0.3 is 0 Å². The van der Waals surface area contributed by atoms with Gasteiger partial charge in [0.2, 0.25) is 0 Å². The lowest BCUT2D eigenvalue weighted by atomic mass is 9.76. The van der Waals surface area contributed by atoms with E-state index in [9.17, 15) is 4.79 Å². The van der Waals surface area contributed by atoms with Crippen LogP contribution in [0.4, 0.5) is 0 Å². The Morgan fingerprint density at radius 1 is 1.36 bits per heavy atom. The fourth-order valence-electron chi connectivity index (χ4n) is 1.46. The van der Waals surface area contributed by atoms with Crippen molar-refractivity contribution in [3.8, 4) is 0 Å². The second-order valence-corrected chi connectivity index (χ2v) is 3.36. The average molecular weight is 177 g/mol. The van der Waals surface area contributed by atoms with E-state index in [1.807, 2.05) is 0 Å². The number of rotatable bonds is 5. The lowest BCUT2D eigenvalue weighted by Crippen LogP contribution is -2.28. The van der Waals surface area contributed by atoms with E-state index in [0.29, 0.717) is 5.88 Å². The minimum atomic E-state index is -0.137. The minimum Gasteiger partial charge on any atom is -0.299 e.